The minimum atomic E-state index is -0.756. The molecule has 0 saturated heterocycles. The second-order valence-electron chi connectivity index (χ2n) is 8.75. The van der Waals surface area contributed by atoms with Gasteiger partial charge in [-0.3, -0.25) is 14.6 Å². The number of carbonyl (C=O) groups excluding carboxylic acids is 2. The van der Waals surface area contributed by atoms with Gasteiger partial charge in [-0.2, -0.15) is 0 Å². The van der Waals surface area contributed by atoms with Crippen molar-refractivity contribution in [3.63, 3.8) is 0 Å². The molecule has 0 spiro atoms. The van der Waals surface area contributed by atoms with Crippen LogP contribution in [0.2, 0.25) is 0 Å². The molecule has 0 fully saturated rings. The molecule has 4 rings (SSSR count). The Morgan fingerprint density at radius 3 is 2.11 bits per heavy atom. The SMILES string of the molecule is COc1ccc(CN(C(=O)COc2ccccc2)[C@@H](Cc2ccccc2)C(=O)NCc2ccncc2)cc1. The molecule has 0 aliphatic rings. The average molecular weight is 510 g/mol. The van der Waals surface area contributed by atoms with Crippen molar-refractivity contribution in [3.05, 3.63) is 126 Å². The van der Waals surface area contributed by atoms with Gasteiger partial charge in [0.1, 0.15) is 17.5 Å². The number of hydrogen-bond donors (Lipinski definition) is 1. The first kappa shape index (κ1) is 26.4. The molecular formula is C31H31N3O4. The number of nitrogens with zero attached hydrogens (tertiary/aromatic N) is 2. The molecule has 2 amide bonds. The number of carbonyl (C=O) groups is 2. The van der Waals surface area contributed by atoms with Crippen LogP contribution in [0.5, 0.6) is 11.5 Å². The number of para-hydroxylation sites is 1. The van der Waals surface area contributed by atoms with Crippen LogP contribution < -0.4 is 14.8 Å². The monoisotopic (exact) mass is 509 g/mol. The normalized spacial score (nSPS) is 11.3. The van der Waals surface area contributed by atoms with Crippen molar-refractivity contribution in [2.45, 2.75) is 25.6 Å². The van der Waals surface area contributed by atoms with Gasteiger partial charge in [-0.1, -0.05) is 60.7 Å². The third-order valence-electron chi connectivity index (χ3n) is 6.10. The molecule has 0 saturated carbocycles. The second kappa shape index (κ2) is 13.6. The van der Waals surface area contributed by atoms with Gasteiger partial charge in [0.15, 0.2) is 6.61 Å². The van der Waals surface area contributed by atoms with E-state index in [9.17, 15) is 9.59 Å². The fourth-order valence-electron chi connectivity index (χ4n) is 4.03. The molecule has 194 valence electrons. The van der Waals surface area contributed by atoms with Crippen molar-refractivity contribution in [3.8, 4) is 11.5 Å². The summed E-state index contributed by atoms with van der Waals surface area (Å²) in [6.45, 7) is 0.377. The van der Waals surface area contributed by atoms with E-state index in [4.69, 9.17) is 9.47 Å². The van der Waals surface area contributed by atoms with E-state index in [0.29, 0.717) is 18.7 Å². The first-order valence-electron chi connectivity index (χ1n) is 12.4. The number of benzene rings is 3. The van der Waals surface area contributed by atoms with Crippen LogP contribution in [-0.4, -0.2) is 41.5 Å². The Morgan fingerprint density at radius 2 is 1.45 bits per heavy atom. The molecular weight excluding hydrogens is 478 g/mol. The summed E-state index contributed by atoms with van der Waals surface area (Å²) in [4.78, 5) is 32.9. The quantitative estimate of drug-likeness (QED) is 0.306. The number of amides is 2. The van der Waals surface area contributed by atoms with Crippen LogP contribution in [-0.2, 0) is 29.1 Å². The Kier molecular flexibility index (Phi) is 9.45. The highest BCUT2D eigenvalue weighted by atomic mass is 16.5. The van der Waals surface area contributed by atoms with Crippen LogP contribution >= 0.6 is 0 Å². The minimum absolute atomic E-state index is 0.191. The van der Waals surface area contributed by atoms with Crippen LogP contribution in [0.15, 0.2) is 109 Å². The third kappa shape index (κ3) is 7.67. The maximum Gasteiger partial charge on any atom is 0.261 e. The predicted molar refractivity (Wildman–Crippen MR) is 145 cm³/mol. The van der Waals surface area contributed by atoms with Crippen molar-refractivity contribution in [1.82, 2.24) is 15.2 Å². The Bertz CT molecular complexity index is 1280. The van der Waals surface area contributed by atoms with E-state index in [1.807, 2.05) is 84.9 Å². The van der Waals surface area contributed by atoms with Gasteiger partial charge in [0.2, 0.25) is 5.91 Å². The number of ether oxygens (including phenoxy) is 2. The zero-order chi connectivity index (χ0) is 26.6. The lowest BCUT2D eigenvalue weighted by Crippen LogP contribution is -2.51. The van der Waals surface area contributed by atoms with Gasteiger partial charge in [-0.15, -0.1) is 0 Å². The van der Waals surface area contributed by atoms with Gasteiger partial charge < -0.3 is 19.7 Å². The molecule has 1 N–H and O–H groups in total. The summed E-state index contributed by atoms with van der Waals surface area (Å²) in [5.41, 5.74) is 2.75. The van der Waals surface area contributed by atoms with Crippen molar-refractivity contribution < 1.29 is 19.1 Å². The molecule has 4 aromatic rings. The third-order valence-corrected chi connectivity index (χ3v) is 6.10. The van der Waals surface area contributed by atoms with Crippen LogP contribution in [0.1, 0.15) is 16.7 Å². The molecule has 1 heterocycles. The Morgan fingerprint density at radius 1 is 0.789 bits per heavy atom. The number of rotatable bonds is 12. The molecule has 1 atom stereocenters. The number of pyridine rings is 1. The molecule has 7 heteroatoms. The van der Waals surface area contributed by atoms with Gasteiger partial charge >= 0.3 is 0 Å². The maximum absolute atomic E-state index is 13.7. The lowest BCUT2D eigenvalue weighted by molar-refractivity contribution is -0.142. The Balaban J connectivity index is 1.60. The molecule has 0 aliphatic carbocycles. The van der Waals surface area contributed by atoms with E-state index in [0.717, 1.165) is 22.4 Å². The van der Waals surface area contributed by atoms with Gasteiger partial charge in [-0.25, -0.2) is 0 Å². The summed E-state index contributed by atoms with van der Waals surface area (Å²) >= 11 is 0. The Labute approximate surface area is 223 Å². The molecule has 0 unspecified atom stereocenters. The maximum atomic E-state index is 13.7. The van der Waals surface area contributed by atoms with Crippen LogP contribution in [0, 0.1) is 0 Å². The number of methoxy groups -OCH3 is 1. The smallest absolute Gasteiger partial charge is 0.261 e. The van der Waals surface area contributed by atoms with E-state index in [1.165, 1.54) is 0 Å². The summed E-state index contributed by atoms with van der Waals surface area (Å²) in [5.74, 6) is 0.777. The number of aromatic nitrogens is 1. The predicted octanol–water partition coefficient (Wildman–Crippen LogP) is 4.43. The molecule has 0 radical (unpaired) electrons. The van der Waals surface area contributed by atoms with Gasteiger partial charge in [0.25, 0.3) is 5.91 Å². The standard InChI is InChI=1S/C31H31N3O4/c1-37-27-14-12-26(13-15-27)22-34(30(35)23-38-28-10-6-3-7-11-28)29(20-24-8-4-2-5-9-24)31(36)33-21-25-16-18-32-19-17-25/h2-19,29H,20-23H2,1H3,(H,33,36)/t29-/m0/s1. The van der Waals surface area contributed by atoms with E-state index in [2.05, 4.69) is 10.3 Å². The van der Waals surface area contributed by atoms with E-state index in [-0.39, 0.29) is 25.0 Å². The fraction of sp³-hybridized carbons (Fsp3) is 0.194. The molecule has 1 aromatic heterocycles. The van der Waals surface area contributed by atoms with E-state index in [1.54, 1.807) is 36.5 Å². The lowest BCUT2D eigenvalue weighted by Gasteiger charge is -2.31. The highest BCUT2D eigenvalue weighted by Gasteiger charge is 2.30. The lowest BCUT2D eigenvalue weighted by atomic mass is 10.0. The van der Waals surface area contributed by atoms with Gasteiger partial charge in [-0.05, 0) is 53.1 Å². The molecule has 0 bridgehead atoms. The summed E-state index contributed by atoms with van der Waals surface area (Å²) in [6.07, 6.45) is 3.73. The van der Waals surface area contributed by atoms with Gasteiger partial charge in [0, 0.05) is 31.9 Å². The summed E-state index contributed by atoms with van der Waals surface area (Å²) in [6, 6.07) is 29.3. The highest BCUT2D eigenvalue weighted by Crippen LogP contribution is 2.18. The van der Waals surface area contributed by atoms with Crippen molar-refractivity contribution in [2.75, 3.05) is 13.7 Å². The fourth-order valence-corrected chi connectivity index (χ4v) is 4.03. The second-order valence-corrected chi connectivity index (χ2v) is 8.75. The van der Waals surface area contributed by atoms with Crippen LogP contribution in [0.25, 0.3) is 0 Å². The van der Waals surface area contributed by atoms with Crippen LogP contribution in [0.3, 0.4) is 0 Å². The van der Waals surface area contributed by atoms with Gasteiger partial charge in [0.05, 0.1) is 7.11 Å². The average Bonchev–Trinajstić information content (AvgIpc) is 2.98. The van der Waals surface area contributed by atoms with E-state index >= 15 is 0 Å². The zero-order valence-corrected chi connectivity index (χ0v) is 21.3. The van der Waals surface area contributed by atoms with Crippen LogP contribution in [0.4, 0.5) is 0 Å². The first-order chi connectivity index (χ1) is 18.6. The largest absolute Gasteiger partial charge is 0.497 e. The molecule has 38 heavy (non-hydrogen) atoms. The summed E-state index contributed by atoms with van der Waals surface area (Å²) in [7, 11) is 1.61. The zero-order valence-electron chi connectivity index (χ0n) is 21.3. The number of nitrogens with one attached hydrogen (secondary N) is 1. The van der Waals surface area contributed by atoms with Crippen molar-refractivity contribution >= 4 is 11.8 Å². The summed E-state index contributed by atoms with van der Waals surface area (Å²) < 4.78 is 11.1. The number of hydrogen-bond acceptors (Lipinski definition) is 5. The molecule has 0 aliphatic heterocycles. The Hall–Kier alpha value is -4.65. The topological polar surface area (TPSA) is 80.8 Å². The highest BCUT2D eigenvalue weighted by molar-refractivity contribution is 5.88. The van der Waals surface area contributed by atoms with E-state index < -0.39 is 6.04 Å². The molecule has 3 aromatic carbocycles. The molecule has 7 nitrogen and oxygen atoms in total. The first-order valence-corrected chi connectivity index (χ1v) is 12.4. The van der Waals surface area contributed by atoms with Crippen molar-refractivity contribution in [1.29, 1.82) is 0 Å². The van der Waals surface area contributed by atoms with Crippen molar-refractivity contribution in [2.24, 2.45) is 0 Å². The summed E-state index contributed by atoms with van der Waals surface area (Å²) in [5, 5.41) is 3.01. The minimum Gasteiger partial charge on any atom is -0.497 e.